The molecule has 2 aliphatic heterocycles. The molecule has 0 aliphatic carbocycles. The molecule has 1 amide bonds. The number of fused-ring (bicyclic) bond motifs is 14. The Morgan fingerprint density at radius 3 is 2.40 bits per heavy atom. The molecule has 138 valence electrons. The normalized spacial score (nSPS) is 23.8. The second-order valence-electron chi connectivity index (χ2n) is 7.46. The monoisotopic (exact) mass is 345 g/mol. The largest absolute Gasteiger partial charge is 0.494 e. The second-order valence-corrected chi connectivity index (χ2v) is 7.46. The minimum absolute atomic E-state index is 0.0447. The Morgan fingerprint density at radius 2 is 1.72 bits per heavy atom. The zero-order chi connectivity index (χ0) is 18.2. The minimum atomic E-state index is -0.378. The topological polar surface area (TPSA) is 55.4 Å². The zero-order valence-corrected chi connectivity index (χ0v) is 15.7. The van der Waals surface area contributed by atoms with Gasteiger partial charge in [0.2, 0.25) is 5.91 Å². The summed E-state index contributed by atoms with van der Waals surface area (Å²) >= 11 is 0. The van der Waals surface area contributed by atoms with Crippen molar-refractivity contribution in [2.45, 2.75) is 65.3 Å². The molecular weight excluding hydrogens is 314 g/mol. The van der Waals surface area contributed by atoms with Gasteiger partial charge in [0.1, 0.15) is 5.75 Å². The first kappa shape index (κ1) is 19.5. The third-order valence-electron chi connectivity index (χ3n) is 4.81. The summed E-state index contributed by atoms with van der Waals surface area (Å²) in [6, 6.07) is 7.60. The fraction of sp³-hybridized carbons (Fsp3) is 0.619. The van der Waals surface area contributed by atoms with Crippen LogP contribution in [0.25, 0.3) is 0 Å². The molecule has 0 spiro atoms. The molecule has 3 rings (SSSR count). The number of carbonyl (C=O) groups excluding carboxylic acids is 2. The van der Waals surface area contributed by atoms with Gasteiger partial charge in [0.15, 0.2) is 5.78 Å². The van der Waals surface area contributed by atoms with E-state index in [-0.39, 0.29) is 29.6 Å². The summed E-state index contributed by atoms with van der Waals surface area (Å²) in [5.41, 5.74) is 1.10. The molecule has 25 heavy (non-hydrogen) atoms. The van der Waals surface area contributed by atoms with Crippen LogP contribution in [0.1, 0.15) is 58.4 Å². The fourth-order valence-corrected chi connectivity index (χ4v) is 3.18. The van der Waals surface area contributed by atoms with E-state index >= 15 is 0 Å². The van der Waals surface area contributed by atoms with Crippen molar-refractivity contribution in [3.63, 3.8) is 0 Å². The summed E-state index contributed by atoms with van der Waals surface area (Å²) in [4.78, 5) is 25.1. The highest BCUT2D eigenvalue weighted by Gasteiger charge is 2.25. The Labute approximate surface area is 151 Å². The Bertz CT molecular complexity index is 565. The van der Waals surface area contributed by atoms with E-state index in [9.17, 15) is 9.59 Å². The van der Waals surface area contributed by atoms with Gasteiger partial charge in [-0.15, -0.1) is 0 Å². The molecule has 1 aromatic carbocycles. The van der Waals surface area contributed by atoms with Crippen LogP contribution in [0.5, 0.6) is 5.75 Å². The Morgan fingerprint density at radius 1 is 1.04 bits per heavy atom. The van der Waals surface area contributed by atoms with Crippen LogP contribution in [0.3, 0.4) is 0 Å². The summed E-state index contributed by atoms with van der Waals surface area (Å²) in [7, 11) is 0. The van der Waals surface area contributed by atoms with Crippen molar-refractivity contribution in [3.05, 3.63) is 29.8 Å². The average molecular weight is 345 g/mol. The number of ketones is 1. The zero-order valence-electron chi connectivity index (χ0n) is 15.7. The molecule has 4 nitrogen and oxygen atoms in total. The Balaban J connectivity index is 2.11. The lowest BCUT2D eigenvalue weighted by Gasteiger charge is -2.23. The smallest absolute Gasteiger partial charge is 0.223 e. The highest BCUT2D eigenvalue weighted by molar-refractivity contribution is 5.90. The number of nitrogens with one attached hydrogen (secondary N) is 1. The van der Waals surface area contributed by atoms with Gasteiger partial charge in [0.25, 0.3) is 0 Å². The van der Waals surface area contributed by atoms with E-state index in [0.717, 1.165) is 37.0 Å². The molecule has 2 unspecified atom stereocenters. The van der Waals surface area contributed by atoms with Crippen LogP contribution in [0.15, 0.2) is 24.3 Å². The maximum Gasteiger partial charge on any atom is 0.223 e. The van der Waals surface area contributed by atoms with Crippen LogP contribution in [-0.2, 0) is 16.0 Å². The van der Waals surface area contributed by atoms with Crippen molar-refractivity contribution in [3.8, 4) is 5.75 Å². The van der Waals surface area contributed by atoms with Crippen LogP contribution in [0.4, 0.5) is 0 Å². The molecule has 4 heteroatoms. The minimum Gasteiger partial charge on any atom is -0.494 e. The molecule has 2 aliphatic rings. The highest BCUT2D eigenvalue weighted by Crippen LogP contribution is 2.17. The lowest BCUT2D eigenvalue weighted by atomic mass is 9.94. The van der Waals surface area contributed by atoms with Gasteiger partial charge in [-0.05, 0) is 42.9 Å². The summed E-state index contributed by atoms with van der Waals surface area (Å²) in [5, 5.41) is 2.99. The van der Waals surface area contributed by atoms with E-state index in [0.29, 0.717) is 19.4 Å². The SMILES string of the molecule is CC1Cc2ccc(cc2)OCCCCCCC(=O)C(C(C)C)NC1=O. The highest BCUT2D eigenvalue weighted by atomic mass is 16.5. The number of ether oxygens (including phenoxy) is 1. The lowest BCUT2D eigenvalue weighted by molar-refractivity contribution is -0.130. The standard InChI is InChI=1S/C21H31NO3/c1-15(2)20-19(23)8-6-4-5-7-13-25-18-11-9-17(10-12-18)14-16(3)21(24)22-20/h9-12,15-16,20H,4-8,13-14H2,1-3H3,(H,22,24). The molecule has 0 fully saturated rings. The summed E-state index contributed by atoms with van der Waals surface area (Å²) in [5.74, 6) is 0.923. The van der Waals surface area contributed by atoms with Gasteiger partial charge in [-0.25, -0.2) is 0 Å². The van der Waals surface area contributed by atoms with E-state index in [1.807, 2.05) is 45.0 Å². The predicted molar refractivity (Wildman–Crippen MR) is 99.7 cm³/mol. The predicted octanol–water partition coefficient (Wildman–Crippen LogP) is 3.92. The molecule has 1 N–H and O–H groups in total. The van der Waals surface area contributed by atoms with Crippen LogP contribution in [0.2, 0.25) is 0 Å². The lowest BCUT2D eigenvalue weighted by Crippen LogP contribution is -2.46. The Hall–Kier alpha value is -1.84. The Kier molecular flexibility index (Phi) is 7.48. The molecule has 1 aromatic rings. The maximum absolute atomic E-state index is 12.5. The van der Waals surface area contributed by atoms with Crippen LogP contribution in [-0.4, -0.2) is 24.3 Å². The van der Waals surface area contributed by atoms with Crippen LogP contribution < -0.4 is 10.1 Å². The molecular formula is C21H31NO3. The molecule has 0 saturated heterocycles. The number of benzene rings is 1. The van der Waals surface area contributed by atoms with Crippen molar-refractivity contribution in [2.24, 2.45) is 11.8 Å². The van der Waals surface area contributed by atoms with E-state index in [1.165, 1.54) is 0 Å². The van der Waals surface area contributed by atoms with Gasteiger partial charge < -0.3 is 10.1 Å². The van der Waals surface area contributed by atoms with Gasteiger partial charge in [-0.2, -0.15) is 0 Å². The number of rotatable bonds is 1. The molecule has 0 radical (unpaired) electrons. The van der Waals surface area contributed by atoms with Crippen molar-refractivity contribution in [1.82, 2.24) is 5.32 Å². The third kappa shape index (κ3) is 6.18. The number of amides is 1. The van der Waals surface area contributed by atoms with E-state index in [4.69, 9.17) is 4.74 Å². The van der Waals surface area contributed by atoms with Gasteiger partial charge in [-0.3, -0.25) is 9.59 Å². The summed E-state index contributed by atoms with van der Waals surface area (Å²) < 4.78 is 5.76. The summed E-state index contributed by atoms with van der Waals surface area (Å²) in [6.45, 7) is 6.60. The fourth-order valence-electron chi connectivity index (χ4n) is 3.18. The summed E-state index contributed by atoms with van der Waals surface area (Å²) in [6.07, 6.45) is 5.14. The van der Waals surface area contributed by atoms with Gasteiger partial charge in [0, 0.05) is 12.3 Å². The first-order chi connectivity index (χ1) is 12.0. The van der Waals surface area contributed by atoms with E-state index in [1.54, 1.807) is 0 Å². The first-order valence-corrected chi connectivity index (χ1v) is 9.52. The maximum atomic E-state index is 12.5. The number of hydrogen-bond acceptors (Lipinski definition) is 3. The average Bonchev–Trinajstić information content (AvgIpc) is 2.58. The molecule has 2 heterocycles. The third-order valence-corrected chi connectivity index (χ3v) is 4.81. The molecule has 2 atom stereocenters. The van der Waals surface area contributed by atoms with Crippen LogP contribution >= 0.6 is 0 Å². The number of Topliss-reactive ketones (excluding diaryl/α,β-unsaturated/α-hetero) is 1. The molecule has 0 aromatic heterocycles. The van der Waals surface area contributed by atoms with Crippen LogP contribution in [0, 0.1) is 11.8 Å². The van der Waals surface area contributed by atoms with Crippen molar-refractivity contribution >= 4 is 11.7 Å². The quantitative estimate of drug-likeness (QED) is 0.839. The van der Waals surface area contributed by atoms with Crippen molar-refractivity contribution < 1.29 is 14.3 Å². The first-order valence-electron chi connectivity index (χ1n) is 9.52. The second kappa shape index (κ2) is 9.59. The number of carbonyl (C=O) groups is 2. The molecule has 2 bridgehead atoms. The van der Waals surface area contributed by atoms with Gasteiger partial charge in [-0.1, -0.05) is 45.7 Å². The molecule has 0 saturated carbocycles. The van der Waals surface area contributed by atoms with Crippen molar-refractivity contribution in [1.29, 1.82) is 0 Å². The van der Waals surface area contributed by atoms with Gasteiger partial charge in [0.05, 0.1) is 12.6 Å². The van der Waals surface area contributed by atoms with Gasteiger partial charge >= 0.3 is 0 Å². The van der Waals surface area contributed by atoms with E-state index in [2.05, 4.69) is 5.32 Å². The van der Waals surface area contributed by atoms with E-state index < -0.39 is 0 Å². The van der Waals surface area contributed by atoms with Crippen molar-refractivity contribution in [2.75, 3.05) is 6.61 Å². The number of hydrogen-bond donors (Lipinski definition) is 1.